The van der Waals surface area contributed by atoms with E-state index in [0.717, 1.165) is 23.5 Å². The van der Waals surface area contributed by atoms with Crippen molar-refractivity contribution < 1.29 is 9.18 Å². The Kier molecular flexibility index (Phi) is 3.64. The van der Waals surface area contributed by atoms with Crippen LogP contribution in [-0.2, 0) is 6.42 Å². The van der Waals surface area contributed by atoms with E-state index in [1.165, 1.54) is 17.7 Å². The third-order valence-corrected chi connectivity index (χ3v) is 4.71. The lowest BCUT2D eigenvalue weighted by molar-refractivity contribution is 0.0988. The van der Waals surface area contributed by atoms with E-state index in [-0.39, 0.29) is 11.7 Å². The van der Waals surface area contributed by atoms with Crippen LogP contribution in [0, 0.1) is 19.7 Å². The number of anilines is 1. The molecule has 0 saturated carbocycles. The molecule has 0 unspecified atom stereocenters. The number of halogens is 1. The number of benzene rings is 2. The summed E-state index contributed by atoms with van der Waals surface area (Å²) in [5.74, 6) is -0.330. The van der Waals surface area contributed by atoms with E-state index in [0.29, 0.717) is 17.8 Å². The number of fused-ring (bicyclic) bond motifs is 1. The Morgan fingerprint density at radius 3 is 2.56 bits per heavy atom. The molecule has 1 aromatic heterocycles. The van der Waals surface area contributed by atoms with E-state index in [1.807, 2.05) is 36.9 Å². The maximum Gasteiger partial charge on any atom is 0.262 e. The summed E-state index contributed by atoms with van der Waals surface area (Å²) in [4.78, 5) is 15.0. The van der Waals surface area contributed by atoms with Crippen LogP contribution in [0.3, 0.4) is 0 Å². The second-order valence-electron chi connectivity index (χ2n) is 6.27. The second-order valence-corrected chi connectivity index (χ2v) is 6.27. The zero-order chi connectivity index (χ0) is 17.6. The van der Waals surface area contributed by atoms with Gasteiger partial charge in [-0.1, -0.05) is 18.2 Å². The molecule has 0 N–H and O–H groups in total. The van der Waals surface area contributed by atoms with Crippen LogP contribution in [0.25, 0.3) is 5.69 Å². The van der Waals surface area contributed by atoms with Crippen molar-refractivity contribution in [1.29, 1.82) is 0 Å². The molecule has 4 rings (SSSR count). The molecule has 0 aliphatic carbocycles. The molecule has 0 saturated heterocycles. The highest BCUT2D eigenvalue weighted by Gasteiger charge is 2.29. The summed E-state index contributed by atoms with van der Waals surface area (Å²) in [6, 6.07) is 14.1. The number of carbonyl (C=O) groups excluding carboxylic acids is 1. The van der Waals surface area contributed by atoms with Crippen LogP contribution in [-0.4, -0.2) is 22.2 Å². The van der Waals surface area contributed by atoms with Gasteiger partial charge in [-0.3, -0.25) is 4.79 Å². The lowest BCUT2D eigenvalue weighted by Crippen LogP contribution is -2.29. The topological polar surface area (TPSA) is 38.1 Å². The van der Waals surface area contributed by atoms with Crippen molar-refractivity contribution in [1.82, 2.24) is 9.78 Å². The molecule has 25 heavy (non-hydrogen) atoms. The predicted octanol–water partition coefficient (Wildman–Crippen LogP) is 3.83. The van der Waals surface area contributed by atoms with Crippen molar-refractivity contribution in [2.45, 2.75) is 20.3 Å². The van der Waals surface area contributed by atoms with Crippen molar-refractivity contribution >= 4 is 11.6 Å². The van der Waals surface area contributed by atoms with Gasteiger partial charge in [-0.25, -0.2) is 9.07 Å². The van der Waals surface area contributed by atoms with Crippen molar-refractivity contribution in [2.24, 2.45) is 0 Å². The first-order valence-corrected chi connectivity index (χ1v) is 8.28. The molecule has 4 nitrogen and oxygen atoms in total. The van der Waals surface area contributed by atoms with Gasteiger partial charge in [0, 0.05) is 12.2 Å². The van der Waals surface area contributed by atoms with Gasteiger partial charge >= 0.3 is 0 Å². The number of amides is 1. The summed E-state index contributed by atoms with van der Waals surface area (Å²) in [5.41, 5.74) is 4.96. The first-order chi connectivity index (χ1) is 12.1. The summed E-state index contributed by atoms with van der Waals surface area (Å²) < 4.78 is 14.9. The molecular weight excluding hydrogens is 317 g/mol. The quantitative estimate of drug-likeness (QED) is 0.714. The van der Waals surface area contributed by atoms with Gasteiger partial charge in [0.1, 0.15) is 5.82 Å². The number of aryl methyl sites for hydroxylation is 1. The van der Waals surface area contributed by atoms with Gasteiger partial charge in [0.15, 0.2) is 0 Å². The van der Waals surface area contributed by atoms with Crippen LogP contribution >= 0.6 is 0 Å². The minimum atomic E-state index is -0.296. The molecule has 0 atom stereocenters. The van der Waals surface area contributed by atoms with Gasteiger partial charge in [0.05, 0.1) is 22.6 Å². The molecule has 2 aromatic carbocycles. The third-order valence-electron chi connectivity index (χ3n) is 4.71. The van der Waals surface area contributed by atoms with Gasteiger partial charge in [-0.15, -0.1) is 0 Å². The van der Waals surface area contributed by atoms with E-state index in [1.54, 1.807) is 16.8 Å². The normalized spacial score (nSPS) is 13.2. The number of aromatic nitrogens is 2. The molecule has 1 amide bonds. The molecule has 0 bridgehead atoms. The monoisotopic (exact) mass is 335 g/mol. The highest BCUT2D eigenvalue weighted by molar-refractivity contribution is 6.08. The summed E-state index contributed by atoms with van der Waals surface area (Å²) >= 11 is 0. The molecule has 5 heteroatoms. The Morgan fingerprint density at radius 2 is 1.80 bits per heavy atom. The van der Waals surface area contributed by atoms with Crippen molar-refractivity contribution in [3.63, 3.8) is 0 Å². The highest BCUT2D eigenvalue weighted by Crippen LogP contribution is 2.30. The summed E-state index contributed by atoms with van der Waals surface area (Å²) in [5, 5.41) is 4.51. The number of hydrogen-bond donors (Lipinski definition) is 0. The smallest absolute Gasteiger partial charge is 0.262 e. The van der Waals surface area contributed by atoms with Crippen LogP contribution in [0.5, 0.6) is 0 Å². The van der Waals surface area contributed by atoms with Gasteiger partial charge in [-0.2, -0.15) is 5.10 Å². The molecule has 0 spiro atoms. The largest absolute Gasteiger partial charge is 0.308 e. The average Bonchev–Trinajstić information content (AvgIpc) is 3.16. The first kappa shape index (κ1) is 15.6. The lowest BCUT2D eigenvalue weighted by Gasteiger charge is -2.17. The average molecular weight is 335 g/mol. The van der Waals surface area contributed by atoms with Gasteiger partial charge in [-0.05, 0) is 56.2 Å². The summed E-state index contributed by atoms with van der Waals surface area (Å²) in [6.07, 6.45) is 0.867. The maximum atomic E-state index is 13.2. The van der Waals surface area contributed by atoms with Crippen LogP contribution < -0.4 is 4.90 Å². The highest BCUT2D eigenvalue weighted by atomic mass is 19.1. The standard InChI is InChI=1S/C20H18FN3O/c1-13-19(14(2)24(22-13)17-9-7-16(21)8-10-17)20(25)23-12-11-15-5-3-4-6-18(15)23/h3-10H,11-12H2,1-2H3. The SMILES string of the molecule is Cc1nn(-c2ccc(F)cc2)c(C)c1C(=O)N1CCc2ccccc21. The Balaban J connectivity index is 1.74. The van der Waals surface area contributed by atoms with Crippen molar-refractivity contribution in [3.05, 3.63) is 76.9 Å². The number of hydrogen-bond acceptors (Lipinski definition) is 2. The molecule has 126 valence electrons. The van der Waals surface area contributed by atoms with E-state index in [4.69, 9.17) is 0 Å². The van der Waals surface area contributed by atoms with Gasteiger partial charge in [0.2, 0.25) is 0 Å². The van der Waals surface area contributed by atoms with Crippen LogP contribution in [0.15, 0.2) is 48.5 Å². The Morgan fingerprint density at radius 1 is 1.08 bits per heavy atom. The lowest BCUT2D eigenvalue weighted by atomic mass is 10.1. The molecule has 0 fully saturated rings. The first-order valence-electron chi connectivity index (χ1n) is 8.28. The molecule has 0 radical (unpaired) electrons. The summed E-state index contributed by atoms with van der Waals surface area (Å²) in [7, 11) is 0. The molecule has 2 heterocycles. The maximum absolute atomic E-state index is 13.2. The van der Waals surface area contributed by atoms with E-state index < -0.39 is 0 Å². The Bertz CT molecular complexity index is 960. The van der Waals surface area contributed by atoms with Crippen LogP contribution in [0.4, 0.5) is 10.1 Å². The minimum Gasteiger partial charge on any atom is -0.308 e. The van der Waals surface area contributed by atoms with Crippen LogP contribution in [0.1, 0.15) is 27.3 Å². The molecular formula is C20H18FN3O. The van der Waals surface area contributed by atoms with Crippen molar-refractivity contribution in [3.8, 4) is 5.69 Å². The predicted molar refractivity (Wildman–Crippen MR) is 94.8 cm³/mol. The fourth-order valence-electron chi connectivity index (χ4n) is 3.47. The molecule has 1 aliphatic rings. The fraction of sp³-hybridized carbons (Fsp3) is 0.200. The van der Waals surface area contributed by atoms with E-state index in [9.17, 15) is 9.18 Å². The molecule has 3 aromatic rings. The second kappa shape index (κ2) is 5.84. The third kappa shape index (κ3) is 2.52. The Hall–Kier alpha value is -2.95. The fourth-order valence-corrected chi connectivity index (χ4v) is 3.47. The number of nitrogens with zero attached hydrogens (tertiary/aromatic N) is 3. The number of para-hydroxylation sites is 1. The van der Waals surface area contributed by atoms with E-state index in [2.05, 4.69) is 11.2 Å². The van der Waals surface area contributed by atoms with E-state index >= 15 is 0 Å². The number of rotatable bonds is 2. The minimum absolute atomic E-state index is 0.0340. The van der Waals surface area contributed by atoms with Gasteiger partial charge in [0.25, 0.3) is 5.91 Å². The zero-order valence-electron chi connectivity index (χ0n) is 14.2. The summed E-state index contributed by atoms with van der Waals surface area (Å²) in [6.45, 7) is 4.39. The zero-order valence-corrected chi connectivity index (χ0v) is 14.2. The number of carbonyl (C=O) groups is 1. The van der Waals surface area contributed by atoms with Crippen LogP contribution in [0.2, 0.25) is 0 Å². The van der Waals surface area contributed by atoms with Crippen molar-refractivity contribution in [2.75, 3.05) is 11.4 Å². The van der Waals surface area contributed by atoms with Gasteiger partial charge < -0.3 is 4.90 Å². The molecule has 1 aliphatic heterocycles. The Labute approximate surface area is 145 Å².